The Morgan fingerprint density at radius 2 is 1.79 bits per heavy atom. The Kier molecular flexibility index (Phi) is 9.88. The highest BCUT2D eigenvalue weighted by molar-refractivity contribution is 5.96. The number of aliphatic hydroxyl groups is 1. The van der Waals surface area contributed by atoms with Crippen LogP contribution in [0.1, 0.15) is 17.2 Å². The predicted molar refractivity (Wildman–Crippen MR) is 158 cm³/mol. The molecule has 3 aromatic carbocycles. The van der Waals surface area contributed by atoms with Crippen molar-refractivity contribution in [3.63, 3.8) is 0 Å². The SMILES string of the molecule is COCCOC(C(=O)N1C(=O)OCC1Cc1ccccc1)C(O)c1ccc(OCCN(C)c2nc3ccccc3o2)cc1. The number of likely N-dealkylation sites (N-methyl/N-ethyl adjacent to an activating group) is 1. The maximum absolute atomic E-state index is 13.7. The Morgan fingerprint density at radius 1 is 1.05 bits per heavy atom. The third kappa shape index (κ3) is 7.31. The first-order valence-corrected chi connectivity index (χ1v) is 14.1. The molecule has 0 bridgehead atoms. The highest BCUT2D eigenvalue weighted by Crippen LogP contribution is 2.27. The van der Waals surface area contributed by atoms with Crippen molar-refractivity contribution in [2.75, 3.05) is 52.0 Å². The molecule has 1 aliphatic rings. The first kappa shape index (κ1) is 30.0. The van der Waals surface area contributed by atoms with Crippen LogP contribution < -0.4 is 9.64 Å². The topological polar surface area (TPSA) is 124 Å². The molecule has 226 valence electrons. The molecule has 2 amide bonds. The van der Waals surface area contributed by atoms with Crippen LogP contribution in [-0.2, 0) is 25.4 Å². The Morgan fingerprint density at radius 3 is 2.53 bits per heavy atom. The summed E-state index contributed by atoms with van der Waals surface area (Å²) < 4.78 is 27.7. The summed E-state index contributed by atoms with van der Waals surface area (Å²) in [6, 6.07) is 23.8. The number of benzene rings is 3. The fourth-order valence-corrected chi connectivity index (χ4v) is 4.82. The average molecular weight is 590 g/mol. The minimum absolute atomic E-state index is 0.0466. The van der Waals surface area contributed by atoms with E-state index in [0.29, 0.717) is 36.9 Å². The number of anilines is 1. The van der Waals surface area contributed by atoms with E-state index in [0.717, 1.165) is 21.6 Å². The minimum atomic E-state index is -1.35. The molecule has 4 aromatic rings. The second kappa shape index (κ2) is 14.1. The number of para-hydroxylation sites is 2. The van der Waals surface area contributed by atoms with E-state index in [2.05, 4.69) is 4.98 Å². The van der Waals surface area contributed by atoms with Gasteiger partial charge in [-0.15, -0.1) is 0 Å². The molecular weight excluding hydrogens is 554 g/mol. The first-order valence-electron chi connectivity index (χ1n) is 14.1. The van der Waals surface area contributed by atoms with Gasteiger partial charge in [0.05, 0.1) is 25.8 Å². The molecule has 0 saturated carbocycles. The molecule has 11 heteroatoms. The van der Waals surface area contributed by atoms with Crippen molar-refractivity contribution >= 4 is 29.1 Å². The number of amides is 2. The van der Waals surface area contributed by atoms with Gasteiger partial charge in [0, 0.05) is 14.2 Å². The number of aliphatic hydroxyl groups excluding tert-OH is 1. The minimum Gasteiger partial charge on any atom is -0.492 e. The van der Waals surface area contributed by atoms with Gasteiger partial charge < -0.3 is 33.4 Å². The van der Waals surface area contributed by atoms with Crippen LogP contribution in [0.3, 0.4) is 0 Å². The molecule has 3 atom stereocenters. The van der Waals surface area contributed by atoms with E-state index in [9.17, 15) is 14.7 Å². The van der Waals surface area contributed by atoms with Gasteiger partial charge in [-0.3, -0.25) is 4.79 Å². The summed E-state index contributed by atoms with van der Waals surface area (Å²) in [5, 5.41) is 11.3. The lowest BCUT2D eigenvalue weighted by Gasteiger charge is -2.28. The first-order chi connectivity index (χ1) is 20.9. The van der Waals surface area contributed by atoms with Crippen LogP contribution in [0.15, 0.2) is 83.3 Å². The smallest absolute Gasteiger partial charge is 0.417 e. The van der Waals surface area contributed by atoms with Gasteiger partial charge in [-0.05, 0) is 41.8 Å². The lowest BCUT2D eigenvalue weighted by molar-refractivity contribution is -0.151. The van der Waals surface area contributed by atoms with E-state index in [4.69, 9.17) is 23.4 Å². The van der Waals surface area contributed by atoms with Gasteiger partial charge in [0.15, 0.2) is 11.7 Å². The van der Waals surface area contributed by atoms with Gasteiger partial charge in [-0.2, -0.15) is 4.98 Å². The number of methoxy groups -OCH3 is 1. The Balaban J connectivity index is 1.22. The standard InChI is InChI=1S/C32H35N3O8/c1-34(31-33-26-10-6-7-11-27(26)43-31)16-17-40-25-14-12-23(13-15-25)28(36)29(41-19-18-39-2)30(37)35-24(21-42-32(35)38)20-22-8-4-3-5-9-22/h3-15,24,28-29,36H,16-21H2,1-2H3. The lowest BCUT2D eigenvalue weighted by Crippen LogP contribution is -2.48. The number of cyclic esters (lactones) is 1. The number of aromatic nitrogens is 1. The van der Waals surface area contributed by atoms with Crippen molar-refractivity contribution in [1.29, 1.82) is 0 Å². The van der Waals surface area contributed by atoms with E-state index < -0.39 is 30.3 Å². The highest BCUT2D eigenvalue weighted by Gasteiger charge is 2.43. The molecule has 1 aliphatic heterocycles. The largest absolute Gasteiger partial charge is 0.492 e. The summed E-state index contributed by atoms with van der Waals surface area (Å²) in [7, 11) is 3.38. The zero-order valence-electron chi connectivity index (χ0n) is 24.1. The van der Waals surface area contributed by atoms with Gasteiger partial charge in [-0.25, -0.2) is 9.69 Å². The van der Waals surface area contributed by atoms with Gasteiger partial charge in [0.1, 0.15) is 30.6 Å². The molecule has 11 nitrogen and oxygen atoms in total. The molecule has 0 radical (unpaired) electrons. The maximum atomic E-state index is 13.7. The second-order valence-electron chi connectivity index (χ2n) is 10.2. The number of carbonyl (C=O) groups excluding carboxylic acids is 2. The third-order valence-electron chi connectivity index (χ3n) is 7.15. The summed E-state index contributed by atoms with van der Waals surface area (Å²) in [6.07, 6.45) is -3.04. The van der Waals surface area contributed by atoms with Gasteiger partial charge >= 0.3 is 6.09 Å². The Bertz CT molecular complexity index is 1460. The molecule has 0 spiro atoms. The van der Waals surface area contributed by atoms with Crippen LogP contribution in [0.25, 0.3) is 11.1 Å². The summed E-state index contributed by atoms with van der Waals surface area (Å²) in [4.78, 5) is 33.7. The summed E-state index contributed by atoms with van der Waals surface area (Å²) in [6.45, 7) is 1.20. The van der Waals surface area contributed by atoms with Crippen molar-refractivity contribution in [1.82, 2.24) is 9.88 Å². The number of hydrogen-bond acceptors (Lipinski definition) is 10. The molecular formula is C32H35N3O8. The van der Waals surface area contributed by atoms with Crippen LogP contribution in [0, 0.1) is 0 Å². The molecule has 43 heavy (non-hydrogen) atoms. The second-order valence-corrected chi connectivity index (χ2v) is 10.2. The zero-order valence-corrected chi connectivity index (χ0v) is 24.1. The van der Waals surface area contributed by atoms with E-state index >= 15 is 0 Å². The van der Waals surface area contributed by atoms with Crippen LogP contribution >= 0.6 is 0 Å². The molecule has 5 rings (SSSR count). The predicted octanol–water partition coefficient (Wildman–Crippen LogP) is 4.00. The van der Waals surface area contributed by atoms with Crippen LogP contribution in [-0.4, -0.2) is 86.3 Å². The quantitative estimate of drug-likeness (QED) is 0.216. The monoisotopic (exact) mass is 589 g/mol. The van der Waals surface area contributed by atoms with Crippen LogP contribution in [0.2, 0.25) is 0 Å². The Labute approximate surface area is 249 Å². The van der Waals surface area contributed by atoms with Gasteiger partial charge in [0.25, 0.3) is 11.9 Å². The molecule has 1 saturated heterocycles. The normalized spacial score (nSPS) is 16.2. The molecule has 1 fully saturated rings. The molecule has 2 heterocycles. The fraction of sp³-hybridized carbons (Fsp3) is 0.344. The van der Waals surface area contributed by atoms with Crippen LogP contribution in [0.4, 0.5) is 10.8 Å². The van der Waals surface area contributed by atoms with E-state index in [1.54, 1.807) is 24.3 Å². The van der Waals surface area contributed by atoms with Crippen molar-refractivity contribution in [3.05, 3.63) is 90.0 Å². The number of rotatable bonds is 14. The average Bonchev–Trinajstić information content (AvgIpc) is 3.63. The van der Waals surface area contributed by atoms with Crippen LogP contribution in [0.5, 0.6) is 5.75 Å². The van der Waals surface area contributed by atoms with E-state index in [1.165, 1.54) is 7.11 Å². The lowest BCUT2D eigenvalue weighted by atomic mass is 10.0. The molecule has 1 aromatic heterocycles. The van der Waals surface area contributed by atoms with Crippen molar-refractivity contribution in [3.8, 4) is 5.75 Å². The number of ether oxygens (including phenoxy) is 4. The summed E-state index contributed by atoms with van der Waals surface area (Å²) >= 11 is 0. The van der Waals surface area contributed by atoms with E-state index in [1.807, 2.05) is 66.5 Å². The number of imide groups is 1. The Hall–Kier alpha value is -4.45. The third-order valence-corrected chi connectivity index (χ3v) is 7.15. The highest BCUT2D eigenvalue weighted by atomic mass is 16.6. The number of carbonyl (C=O) groups is 2. The van der Waals surface area contributed by atoms with Crippen molar-refractivity contribution in [2.45, 2.75) is 24.7 Å². The number of nitrogens with zero attached hydrogens (tertiary/aromatic N) is 3. The van der Waals surface area contributed by atoms with Gasteiger partial charge in [-0.1, -0.05) is 54.6 Å². The fourth-order valence-electron chi connectivity index (χ4n) is 4.82. The van der Waals surface area contributed by atoms with E-state index in [-0.39, 0.29) is 19.8 Å². The summed E-state index contributed by atoms with van der Waals surface area (Å²) in [5.41, 5.74) is 2.89. The molecule has 1 N–H and O–H groups in total. The number of hydrogen-bond donors (Lipinski definition) is 1. The summed E-state index contributed by atoms with van der Waals surface area (Å²) in [5.74, 6) is -0.0919. The molecule has 3 unspecified atom stereocenters. The molecule has 0 aliphatic carbocycles. The van der Waals surface area contributed by atoms with Crippen molar-refractivity contribution < 1.29 is 38.1 Å². The number of fused-ring (bicyclic) bond motifs is 1. The maximum Gasteiger partial charge on any atom is 0.417 e. The number of oxazole rings is 1. The van der Waals surface area contributed by atoms with Gasteiger partial charge in [0.2, 0.25) is 0 Å². The van der Waals surface area contributed by atoms with Crippen molar-refractivity contribution in [2.24, 2.45) is 0 Å². The zero-order chi connectivity index (χ0) is 30.2.